The van der Waals surface area contributed by atoms with Gasteiger partial charge in [0.1, 0.15) is 0 Å². The molecule has 0 aliphatic rings. The van der Waals surface area contributed by atoms with Gasteiger partial charge in [0.05, 0.1) is 11.1 Å². The summed E-state index contributed by atoms with van der Waals surface area (Å²) in [7, 11) is -4.06. The Morgan fingerprint density at radius 1 is 1.48 bits per heavy atom. The van der Waals surface area contributed by atoms with Crippen LogP contribution in [0.4, 0.5) is 11.4 Å². The number of benzene rings is 1. The highest BCUT2D eigenvalue weighted by Gasteiger charge is 2.26. The van der Waals surface area contributed by atoms with Crippen LogP contribution in [0, 0.1) is 17.0 Å². The smallest absolute Gasteiger partial charge is 0.289 e. The van der Waals surface area contributed by atoms with E-state index in [0.717, 1.165) is 12.1 Å². The lowest BCUT2D eigenvalue weighted by Gasteiger charge is -2.07. The molecule has 0 bridgehead atoms. The molecular weight excluding hydrogens is 298 g/mol. The molecule has 2 aromatic rings. The van der Waals surface area contributed by atoms with E-state index in [-0.39, 0.29) is 12.2 Å². The molecule has 0 aliphatic heterocycles. The normalized spacial score (nSPS) is 11.5. The van der Waals surface area contributed by atoms with Crippen LogP contribution >= 0.6 is 0 Å². The molecule has 112 valence electrons. The maximum Gasteiger partial charge on any atom is 0.289 e. The average molecular weight is 311 g/mol. The number of aromatic nitrogens is 2. The number of nitrogens with zero attached hydrogens (tertiary/aromatic N) is 2. The first-order chi connectivity index (χ1) is 9.81. The zero-order valence-corrected chi connectivity index (χ0v) is 11.8. The Bertz CT molecular complexity index is 784. The summed E-state index contributed by atoms with van der Waals surface area (Å²) in [6.45, 7) is 1.70. The van der Waals surface area contributed by atoms with Gasteiger partial charge in [-0.3, -0.25) is 15.2 Å². The summed E-state index contributed by atoms with van der Waals surface area (Å²) < 4.78 is 26.7. The molecular formula is C11H13N5O4S. The van der Waals surface area contributed by atoms with Gasteiger partial charge in [0, 0.05) is 29.6 Å². The van der Waals surface area contributed by atoms with Crippen LogP contribution in [0.1, 0.15) is 11.3 Å². The minimum absolute atomic E-state index is 0.0311. The molecule has 0 aliphatic carbocycles. The summed E-state index contributed by atoms with van der Waals surface area (Å²) in [5, 5.41) is 17.4. The maximum absolute atomic E-state index is 12.2. The van der Waals surface area contributed by atoms with Crippen LogP contribution in [0.5, 0.6) is 0 Å². The van der Waals surface area contributed by atoms with Gasteiger partial charge in [-0.15, -0.1) is 0 Å². The first kappa shape index (κ1) is 14.9. The Kier molecular flexibility index (Phi) is 3.91. The second-order valence-electron chi connectivity index (χ2n) is 4.33. The summed E-state index contributed by atoms with van der Waals surface area (Å²) in [5.74, 6) is 0. The third-order valence-electron chi connectivity index (χ3n) is 2.86. The lowest BCUT2D eigenvalue weighted by Crippen LogP contribution is -2.24. The molecule has 0 fully saturated rings. The van der Waals surface area contributed by atoms with Gasteiger partial charge in [-0.2, -0.15) is 5.10 Å². The molecule has 10 heteroatoms. The molecule has 0 unspecified atom stereocenters. The third kappa shape index (κ3) is 3.17. The van der Waals surface area contributed by atoms with Crippen molar-refractivity contribution in [1.29, 1.82) is 0 Å². The predicted molar refractivity (Wildman–Crippen MR) is 74.9 cm³/mol. The number of hydrogen-bond donors (Lipinski definition) is 3. The quantitative estimate of drug-likeness (QED) is 0.421. The zero-order chi connectivity index (χ0) is 15.6. The van der Waals surface area contributed by atoms with Crippen LogP contribution in [-0.2, 0) is 16.6 Å². The minimum atomic E-state index is -4.06. The molecule has 1 aromatic carbocycles. The fourth-order valence-electron chi connectivity index (χ4n) is 1.70. The average Bonchev–Trinajstić information content (AvgIpc) is 2.81. The van der Waals surface area contributed by atoms with E-state index in [9.17, 15) is 18.5 Å². The van der Waals surface area contributed by atoms with Crippen LogP contribution < -0.4 is 10.5 Å². The van der Waals surface area contributed by atoms with E-state index >= 15 is 0 Å². The van der Waals surface area contributed by atoms with Crippen molar-refractivity contribution in [1.82, 2.24) is 14.9 Å². The van der Waals surface area contributed by atoms with Gasteiger partial charge < -0.3 is 5.73 Å². The van der Waals surface area contributed by atoms with Gasteiger partial charge in [0.25, 0.3) is 5.69 Å². The lowest BCUT2D eigenvalue weighted by molar-refractivity contribution is -0.387. The van der Waals surface area contributed by atoms with Gasteiger partial charge >= 0.3 is 0 Å². The van der Waals surface area contributed by atoms with Crippen molar-refractivity contribution in [3.63, 3.8) is 0 Å². The van der Waals surface area contributed by atoms with Gasteiger partial charge in [-0.1, -0.05) is 0 Å². The highest BCUT2D eigenvalue weighted by atomic mass is 32.2. The minimum Gasteiger partial charge on any atom is -0.399 e. The van der Waals surface area contributed by atoms with Gasteiger partial charge in [-0.05, 0) is 19.1 Å². The van der Waals surface area contributed by atoms with Crippen molar-refractivity contribution in [2.75, 3.05) is 5.73 Å². The molecule has 0 saturated heterocycles. The van der Waals surface area contributed by atoms with Crippen molar-refractivity contribution in [2.45, 2.75) is 18.4 Å². The van der Waals surface area contributed by atoms with Gasteiger partial charge in [0.2, 0.25) is 10.0 Å². The fraction of sp³-hybridized carbons (Fsp3) is 0.182. The van der Waals surface area contributed by atoms with Crippen molar-refractivity contribution < 1.29 is 13.3 Å². The van der Waals surface area contributed by atoms with Gasteiger partial charge in [-0.25, -0.2) is 13.1 Å². The first-order valence-electron chi connectivity index (χ1n) is 5.83. The van der Waals surface area contributed by atoms with Crippen molar-refractivity contribution >= 4 is 21.4 Å². The monoisotopic (exact) mass is 311 g/mol. The Balaban J connectivity index is 2.33. The number of H-pyrrole nitrogens is 1. The Morgan fingerprint density at radius 3 is 2.76 bits per heavy atom. The number of rotatable bonds is 5. The first-order valence-corrected chi connectivity index (χ1v) is 7.32. The number of nitrogens with one attached hydrogen (secondary N) is 2. The zero-order valence-electron chi connectivity index (χ0n) is 11.0. The van der Waals surface area contributed by atoms with E-state index < -0.39 is 25.5 Å². The van der Waals surface area contributed by atoms with Crippen LogP contribution in [0.15, 0.2) is 29.3 Å². The highest BCUT2D eigenvalue weighted by molar-refractivity contribution is 7.89. The highest BCUT2D eigenvalue weighted by Crippen LogP contribution is 2.25. The number of nitrogens with two attached hydrogens (primary N) is 1. The summed E-state index contributed by atoms with van der Waals surface area (Å²) in [6, 6.07) is 3.40. The van der Waals surface area contributed by atoms with Crippen LogP contribution in [0.2, 0.25) is 0 Å². The number of nitro benzene ring substituents is 1. The predicted octanol–water partition coefficient (Wildman–Crippen LogP) is 0.687. The fourth-order valence-corrected chi connectivity index (χ4v) is 2.91. The molecule has 0 saturated carbocycles. The Labute approximate surface area is 120 Å². The van der Waals surface area contributed by atoms with Crippen molar-refractivity contribution in [2.24, 2.45) is 0 Å². The van der Waals surface area contributed by atoms with E-state index in [1.165, 1.54) is 12.3 Å². The number of nitrogen functional groups attached to an aromatic ring is 1. The Morgan fingerprint density at radius 2 is 2.19 bits per heavy atom. The number of hydrogen-bond acceptors (Lipinski definition) is 6. The third-order valence-corrected chi connectivity index (χ3v) is 4.29. The molecule has 1 heterocycles. The largest absolute Gasteiger partial charge is 0.399 e. The molecule has 0 amide bonds. The van der Waals surface area contributed by atoms with E-state index in [1.807, 2.05) is 0 Å². The maximum atomic E-state index is 12.2. The number of nitro groups is 1. The lowest BCUT2D eigenvalue weighted by atomic mass is 10.3. The van der Waals surface area contributed by atoms with E-state index in [1.54, 1.807) is 6.92 Å². The molecule has 1 aromatic heterocycles. The second-order valence-corrected chi connectivity index (χ2v) is 6.06. The molecule has 4 N–H and O–H groups in total. The van der Waals surface area contributed by atoms with Crippen LogP contribution in [0.25, 0.3) is 0 Å². The van der Waals surface area contributed by atoms with E-state index in [4.69, 9.17) is 5.73 Å². The summed E-state index contributed by atoms with van der Waals surface area (Å²) in [4.78, 5) is 9.69. The molecule has 0 atom stereocenters. The topological polar surface area (TPSA) is 144 Å². The molecule has 2 rings (SSSR count). The van der Waals surface area contributed by atoms with E-state index in [2.05, 4.69) is 14.9 Å². The van der Waals surface area contributed by atoms with Crippen molar-refractivity contribution in [3.05, 3.63) is 45.8 Å². The molecule has 0 radical (unpaired) electrons. The molecule has 9 nitrogen and oxygen atoms in total. The van der Waals surface area contributed by atoms with Crippen molar-refractivity contribution in [3.8, 4) is 0 Å². The SMILES string of the molecule is Cc1[nH]ncc1CNS(=O)(=O)c1cc(N)ccc1[N+](=O)[O-]. The molecule has 21 heavy (non-hydrogen) atoms. The van der Waals surface area contributed by atoms with Crippen LogP contribution in [0.3, 0.4) is 0 Å². The van der Waals surface area contributed by atoms with Gasteiger partial charge in [0.15, 0.2) is 4.90 Å². The summed E-state index contributed by atoms with van der Waals surface area (Å²) in [5.41, 5.74) is 6.46. The summed E-state index contributed by atoms with van der Waals surface area (Å²) in [6.07, 6.45) is 1.48. The Hall–Kier alpha value is -2.46. The summed E-state index contributed by atoms with van der Waals surface area (Å²) >= 11 is 0. The number of anilines is 1. The number of sulfonamides is 1. The number of aryl methyl sites for hydroxylation is 1. The number of aromatic amines is 1. The molecule has 0 spiro atoms. The van der Waals surface area contributed by atoms with E-state index in [0.29, 0.717) is 11.3 Å². The standard InChI is InChI=1S/C11H13N5O4S/c1-7-8(5-13-15-7)6-14-21(19,20)11-4-9(12)2-3-10(11)16(17)18/h2-5,14H,6,12H2,1H3,(H,13,15). The second kappa shape index (κ2) is 5.50. The van der Waals surface area contributed by atoms with Crippen LogP contribution in [-0.4, -0.2) is 23.5 Å².